The van der Waals surface area contributed by atoms with E-state index in [4.69, 9.17) is 5.26 Å². The van der Waals surface area contributed by atoms with Crippen LogP contribution in [-0.2, 0) is 4.79 Å². The highest BCUT2D eigenvalue weighted by molar-refractivity contribution is 5.87. The van der Waals surface area contributed by atoms with Crippen molar-refractivity contribution in [1.29, 1.82) is 5.26 Å². The Bertz CT molecular complexity index is 343. The maximum atomic E-state index is 11.3. The molecule has 0 spiro atoms. The monoisotopic (exact) mass is 210 g/mol. The molecular weight excluding hydrogens is 196 g/mol. The van der Waals surface area contributed by atoms with E-state index in [-0.39, 0.29) is 17.8 Å². The van der Waals surface area contributed by atoms with Crippen molar-refractivity contribution < 1.29 is 9.90 Å². The van der Waals surface area contributed by atoms with Crippen LogP contribution in [0.3, 0.4) is 0 Å². The molecule has 1 aliphatic rings. The molecule has 15 heavy (non-hydrogen) atoms. The van der Waals surface area contributed by atoms with E-state index in [0.29, 0.717) is 0 Å². The fraction of sp³-hybridized carbons (Fsp3) is 0.667. The molecule has 0 saturated carbocycles. The summed E-state index contributed by atoms with van der Waals surface area (Å²) in [4.78, 5) is 15.4. The molecule has 0 aromatic carbocycles. The minimum absolute atomic E-state index is 0.139. The number of hydrogen-bond acceptors (Lipinski definition) is 6. The van der Waals surface area contributed by atoms with E-state index >= 15 is 0 Å². The number of carbonyl (C=O) groups is 1. The maximum absolute atomic E-state index is 11.3. The molecule has 3 N–H and O–H groups in total. The summed E-state index contributed by atoms with van der Waals surface area (Å²) in [6, 6.07) is -0.366. The van der Waals surface area contributed by atoms with Crippen molar-refractivity contribution in [1.82, 2.24) is 10.6 Å². The number of guanidine groups is 1. The van der Waals surface area contributed by atoms with Crippen LogP contribution >= 0.6 is 0 Å². The molecule has 0 fully saturated rings. The number of carbonyl (C=O) groups excluding carboxylic acids is 1. The number of Topliss-reactive ketones (excluding diaryl/α,β-unsaturated/α-hetero) is 1. The Kier molecular flexibility index (Phi) is 2.95. The van der Waals surface area contributed by atoms with Gasteiger partial charge in [0.1, 0.15) is 11.5 Å². The number of ketones is 1. The van der Waals surface area contributed by atoms with Crippen LogP contribution in [0.1, 0.15) is 20.8 Å². The van der Waals surface area contributed by atoms with Crippen LogP contribution in [0.15, 0.2) is 4.99 Å². The maximum Gasteiger partial charge on any atom is 0.207 e. The average Bonchev–Trinajstić information content (AvgIpc) is 1.99. The molecule has 1 rings (SSSR count). The zero-order chi connectivity index (χ0) is 11.6. The van der Waals surface area contributed by atoms with Crippen molar-refractivity contribution >= 4 is 11.7 Å². The zero-order valence-corrected chi connectivity index (χ0v) is 8.90. The lowest BCUT2D eigenvalue weighted by atomic mass is 9.86. The topological polar surface area (TPSA) is 97.5 Å². The number of aliphatic imine (C=N–C) groups is 1. The molecule has 0 aromatic heterocycles. The van der Waals surface area contributed by atoms with E-state index < -0.39 is 11.6 Å². The third-order valence-corrected chi connectivity index (χ3v) is 2.40. The smallest absolute Gasteiger partial charge is 0.207 e. The highest BCUT2D eigenvalue weighted by Gasteiger charge is 2.43. The highest BCUT2D eigenvalue weighted by atomic mass is 16.3. The lowest BCUT2D eigenvalue weighted by Crippen LogP contribution is -2.62. The van der Waals surface area contributed by atoms with Crippen molar-refractivity contribution in [3.63, 3.8) is 0 Å². The molecule has 1 heterocycles. The van der Waals surface area contributed by atoms with Crippen LogP contribution in [0.4, 0.5) is 0 Å². The fourth-order valence-corrected chi connectivity index (χ4v) is 1.95. The molecule has 0 aromatic rings. The first kappa shape index (κ1) is 11.5. The van der Waals surface area contributed by atoms with Gasteiger partial charge in [0, 0.05) is 0 Å². The zero-order valence-electron chi connectivity index (χ0n) is 8.90. The molecule has 0 bridgehead atoms. The Labute approximate surface area is 88.0 Å². The molecule has 3 atom stereocenters. The third-order valence-electron chi connectivity index (χ3n) is 2.40. The van der Waals surface area contributed by atoms with Gasteiger partial charge in [0.15, 0.2) is 6.19 Å². The van der Waals surface area contributed by atoms with E-state index in [0.717, 1.165) is 0 Å². The summed E-state index contributed by atoms with van der Waals surface area (Å²) in [5.41, 5.74) is -1.38. The Balaban J connectivity index is 2.98. The van der Waals surface area contributed by atoms with Crippen molar-refractivity contribution in [3.05, 3.63) is 0 Å². The number of nitrogens with zero attached hydrogens (tertiary/aromatic N) is 2. The van der Waals surface area contributed by atoms with E-state index in [1.54, 1.807) is 13.1 Å². The molecule has 6 nitrogen and oxygen atoms in total. The third kappa shape index (κ3) is 2.25. The van der Waals surface area contributed by atoms with Gasteiger partial charge in [-0.3, -0.25) is 10.1 Å². The van der Waals surface area contributed by atoms with Crippen molar-refractivity contribution in [2.75, 3.05) is 0 Å². The van der Waals surface area contributed by atoms with Crippen LogP contribution in [0.5, 0.6) is 0 Å². The second kappa shape index (κ2) is 3.87. The SMILES string of the molecule is CC(=O)[C@@H]1[C@H](C)N=C(NC#N)N[C@@]1(C)O. The minimum Gasteiger partial charge on any atom is -0.370 e. The van der Waals surface area contributed by atoms with Gasteiger partial charge in [0.05, 0.1) is 12.0 Å². The van der Waals surface area contributed by atoms with Crippen LogP contribution in [0.2, 0.25) is 0 Å². The Morgan fingerprint density at radius 3 is 2.80 bits per heavy atom. The largest absolute Gasteiger partial charge is 0.370 e. The number of aliphatic hydroxyl groups is 1. The van der Waals surface area contributed by atoms with Gasteiger partial charge in [-0.05, 0) is 20.8 Å². The summed E-state index contributed by atoms with van der Waals surface area (Å²) in [5.74, 6) is -0.561. The van der Waals surface area contributed by atoms with Gasteiger partial charge >= 0.3 is 0 Å². The molecule has 1 aliphatic heterocycles. The molecule has 0 aliphatic carbocycles. The van der Waals surface area contributed by atoms with Gasteiger partial charge in [0.25, 0.3) is 0 Å². The summed E-state index contributed by atoms with van der Waals surface area (Å²) >= 11 is 0. The standard InChI is InChI=1S/C9H14N4O2/c1-5-7(6(2)14)9(3,15)13-8(12-5)11-4-10/h5,7,15H,1-3H3,(H2,11,12,13)/t5-,7-,9-/m0/s1. The predicted molar refractivity (Wildman–Crippen MR) is 53.6 cm³/mol. The van der Waals surface area contributed by atoms with Gasteiger partial charge in [0.2, 0.25) is 5.96 Å². The Morgan fingerprint density at radius 2 is 2.40 bits per heavy atom. The van der Waals surface area contributed by atoms with Gasteiger partial charge < -0.3 is 10.4 Å². The summed E-state index contributed by atoms with van der Waals surface area (Å²) in [5, 5.41) is 23.3. The van der Waals surface area contributed by atoms with Crippen LogP contribution in [-0.4, -0.2) is 28.6 Å². The summed E-state index contributed by atoms with van der Waals surface area (Å²) < 4.78 is 0. The normalized spacial score (nSPS) is 34.7. The number of nitriles is 1. The van der Waals surface area contributed by atoms with Crippen LogP contribution in [0.25, 0.3) is 0 Å². The highest BCUT2D eigenvalue weighted by Crippen LogP contribution is 2.24. The number of rotatable bonds is 1. The van der Waals surface area contributed by atoms with Crippen LogP contribution < -0.4 is 10.6 Å². The molecule has 0 radical (unpaired) electrons. The second-order valence-corrected chi connectivity index (χ2v) is 3.82. The average molecular weight is 210 g/mol. The number of hydrogen-bond donors (Lipinski definition) is 3. The van der Waals surface area contributed by atoms with Crippen LogP contribution in [0, 0.1) is 17.4 Å². The van der Waals surface area contributed by atoms with Gasteiger partial charge in [-0.25, -0.2) is 4.99 Å². The van der Waals surface area contributed by atoms with Crippen molar-refractivity contribution in [2.24, 2.45) is 10.9 Å². The molecule has 0 unspecified atom stereocenters. The Morgan fingerprint density at radius 1 is 1.80 bits per heavy atom. The first-order valence-corrected chi connectivity index (χ1v) is 4.62. The molecule has 82 valence electrons. The quantitative estimate of drug-likeness (QED) is 0.393. The minimum atomic E-state index is -1.38. The van der Waals surface area contributed by atoms with Gasteiger partial charge in [-0.15, -0.1) is 0 Å². The second-order valence-electron chi connectivity index (χ2n) is 3.82. The summed E-state index contributed by atoms with van der Waals surface area (Å²) in [7, 11) is 0. The fourth-order valence-electron chi connectivity index (χ4n) is 1.95. The van der Waals surface area contributed by atoms with E-state index in [1.165, 1.54) is 13.8 Å². The van der Waals surface area contributed by atoms with Gasteiger partial charge in [-0.2, -0.15) is 5.26 Å². The molecule has 6 heteroatoms. The lowest BCUT2D eigenvalue weighted by molar-refractivity contribution is -0.132. The molecule has 0 amide bonds. The predicted octanol–water partition coefficient (Wildman–Crippen LogP) is -0.682. The molecular formula is C9H14N4O2. The van der Waals surface area contributed by atoms with Gasteiger partial charge in [-0.1, -0.05) is 0 Å². The van der Waals surface area contributed by atoms with Crippen molar-refractivity contribution in [3.8, 4) is 6.19 Å². The summed E-state index contributed by atoms with van der Waals surface area (Å²) in [6.07, 6.45) is 1.70. The first-order valence-electron chi connectivity index (χ1n) is 4.62. The van der Waals surface area contributed by atoms with E-state index in [2.05, 4.69) is 15.6 Å². The molecule has 0 saturated heterocycles. The summed E-state index contributed by atoms with van der Waals surface area (Å²) in [6.45, 7) is 4.62. The number of nitrogens with one attached hydrogen (secondary N) is 2. The van der Waals surface area contributed by atoms with E-state index in [1.807, 2.05) is 0 Å². The lowest BCUT2D eigenvalue weighted by Gasteiger charge is -2.38. The Hall–Kier alpha value is -1.61. The van der Waals surface area contributed by atoms with E-state index in [9.17, 15) is 9.90 Å². The van der Waals surface area contributed by atoms with Crippen molar-refractivity contribution in [2.45, 2.75) is 32.5 Å². The first-order chi connectivity index (χ1) is 6.88.